The largest absolute Gasteiger partial charge is 0.374 e. The maximum atomic E-state index is 12.2. The Balaban J connectivity index is 1.56. The monoisotopic (exact) mass is 345 g/mol. The highest BCUT2D eigenvalue weighted by molar-refractivity contribution is 5.77. The van der Waals surface area contributed by atoms with E-state index in [0.717, 1.165) is 30.6 Å². The Kier molecular flexibility index (Phi) is 4.30. The molecule has 1 saturated heterocycles. The Morgan fingerprint density at radius 1 is 1.24 bits per heavy atom. The number of fused-ring (bicyclic) bond motifs is 5. The molecule has 25 heavy (non-hydrogen) atoms. The molecule has 0 N–H and O–H groups in total. The van der Waals surface area contributed by atoms with E-state index in [1.807, 2.05) is 13.1 Å². The van der Waals surface area contributed by atoms with Crippen molar-refractivity contribution in [2.45, 2.75) is 77.4 Å². The van der Waals surface area contributed by atoms with Crippen LogP contribution in [0.4, 0.5) is 0 Å². The first-order valence-electron chi connectivity index (χ1n) is 10.4. The lowest BCUT2D eigenvalue weighted by Gasteiger charge is -2.61. The maximum Gasteiger partial charge on any atom is 0.222 e. The number of carbonyl (C=O) groups is 1. The van der Waals surface area contributed by atoms with E-state index >= 15 is 0 Å². The second-order valence-corrected chi connectivity index (χ2v) is 9.86. The predicted octanol–water partition coefficient (Wildman–Crippen LogP) is 4.42. The standard InChI is InChI=1S/C22H35NO2/c1-5-12-25-15-13-18-16-6-7-19-22(3,11-9-20(24)23(19)4)17(16)8-10-21(18,2)14-15/h5,15-19H,1,6-14H2,2-4H3/t15?,16-,17-,18+,19?,21-,22-/m1/s1. The molecule has 1 amide bonds. The molecule has 3 heteroatoms. The molecule has 1 aliphatic heterocycles. The van der Waals surface area contributed by atoms with E-state index in [9.17, 15) is 4.79 Å². The molecule has 0 aromatic heterocycles. The zero-order valence-corrected chi connectivity index (χ0v) is 16.3. The molecule has 7 atom stereocenters. The van der Waals surface area contributed by atoms with Gasteiger partial charge < -0.3 is 9.64 Å². The molecule has 0 radical (unpaired) electrons. The van der Waals surface area contributed by atoms with Gasteiger partial charge in [0.05, 0.1) is 12.7 Å². The van der Waals surface area contributed by atoms with Gasteiger partial charge in [0.15, 0.2) is 0 Å². The maximum absolute atomic E-state index is 12.2. The van der Waals surface area contributed by atoms with Gasteiger partial charge in [-0.3, -0.25) is 4.79 Å². The number of ether oxygens (including phenoxy) is 1. The van der Waals surface area contributed by atoms with Crippen LogP contribution >= 0.6 is 0 Å². The van der Waals surface area contributed by atoms with Crippen molar-refractivity contribution < 1.29 is 9.53 Å². The summed E-state index contributed by atoms with van der Waals surface area (Å²) in [6.07, 6.45) is 11.8. The van der Waals surface area contributed by atoms with Crippen LogP contribution in [0.25, 0.3) is 0 Å². The van der Waals surface area contributed by atoms with Gasteiger partial charge in [-0.1, -0.05) is 19.9 Å². The molecule has 3 aliphatic carbocycles. The minimum Gasteiger partial charge on any atom is -0.374 e. The third kappa shape index (κ3) is 2.60. The average Bonchev–Trinajstić information content (AvgIpc) is 2.93. The van der Waals surface area contributed by atoms with Gasteiger partial charge >= 0.3 is 0 Å². The van der Waals surface area contributed by atoms with Crippen LogP contribution in [0.15, 0.2) is 12.7 Å². The molecule has 4 rings (SSSR count). The summed E-state index contributed by atoms with van der Waals surface area (Å²) in [7, 11) is 2.05. The molecule has 0 spiro atoms. The SMILES string of the molecule is C=CCOC1C[C@H]2[C@@H]3CCC4N(C)C(=O)CC[C@]4(C)[C@@H]3CC[C@]2(C)C1. The van der Waals surface area contributed by atoms with Gasteiger partial charge in [-0.25, -0.2) is 0 Å². The topological polar surface area (TPSA) is 29.5 Å². The smallest absolute Gasteiger partial charge is 0.222 e. The quantitative estimate of drug-likeness (QED) is 0.709. The van der Waals surface area contributed by atoms with Crippen molar-refractivity contribution in [3.8, 4) is 0 Å². The molecule has 0 aromatic rings. The predicted molar refractivity (Wildman–Crippen MR) is 100 cm³/mol. The first kappa shape index (κ1) is 17.6. The molecule has 4 aliphatic rings. The van der Waals surface area contributed by atoms with E-state index in [0.29, 0.717) is 35.5 Å². The highest BCUT2D eigenvalue weighted by Crippen LogP contribution is 2.64. The number of rotatable bonds is 3. The molecular weight excluding hydrogens is 310 g/mol. The summed E-state index contributed by atoms with van der Waals surface area (Å²) >= 11 is 0. The van der Waals surface area contributed by atoms with Crippen LogP contribution in [0.1, 0.15) is 65.2 Å². The third-order valence-corrected chi connectivity index (χ3v) is 8.74. The highest BCUT2D eigenvalue weighted by atomic mass is 16.5. The lowest BCUT2D eigenvalue weighted by atomic mass is 9.47. The molecule has 2 unspecified atom stereocenters. The van der Waals surface area contributed by atoms with E-state index in [1.54, 1.807) is 0 Å². The summed E-state index contributed by atoms with van der Waals surface area (Å²) < 4.78 is 6.08. The van der Waals surface area contributed by atoms with E-state index < -0.39 is 0 Å². The van der Waals surface area contributed by atoms with Crippen LogP contribution in [0, 0.1) is 28.6 Å². The first-order chi connectivity index (χ1) is 11.9. The average molecular weight is 346 g/mol. The number of carbonyl (C=O) groups excluding carboxylic acids is 1. The second-order valence-electron chi connectivity index (χ2n) is 9.86. The van der Waals surface area contributed by atoms with Crippen molar-refractivity contribution in [3.05, 3.63) is 12.7 Å². The van der Waals surface area contributed by atoms with Crippen LogP contribution in [-0.4, -0.2) is 36.6 Å². The van der Waals surface area contributed by atoms with Crippen LogP contribution in [-0.2, 0) is 9.53 Å². The van der Waals surface area contributed by atoms with Crippen molar-refractivity contribution >= 4 is 5.91 Å². The lowest BCUT2D eigenvalue weighted by molar-refractivity contribution is -0.156. The Morgan fingerprint density at radius 2 is 2.04 bits per heavy atom. The molecule has 3 nitrogen and oxygen atoms in total. The fourth-order valence-electron chi connectivity index (χ4n) is 7.48. The summed E-state index contributed by atoms with van der Waals surface area (Å²) in [5, 5.41) is 0. The van der Waals surface area contributed by atoms with E-state index in [4.69, 9.17) is 4.74 Å². The summed E-state index contributed by atoms with van der Waals surface area (Å²) in [6, 6.07) is 0.466. The molecule has 3 saturated carbocycles. The van der Waals surface area contributed by atoms with Gasteiger partial charge in [0.2, 0.25) is 5.91 Å². The fourth-order valence-corrected chi connectivity index (χ4v) is 7.48. The summed E-state index contributed by atoms with van der Waals surface area (Å²) in [5.74, 6) is 2.79. The Bertz CT molecular complexity index is 560. The molecule has 0 bridgehead atoms. The summed E-state index contributed by atoms with van der Waals surface area (Å²) in [4.78, 5) is 14.3. The Hall–Kier alpha value is -0.830. The van der Waals surface area contributed by atoms with Crippen LogP contribution in [0.2, 0.25) is 0 Å². The number of amides is 1. The van der Waals surface area contributed by atoms with Gasteiger partial charge in [0.25, 0.3) is 0 Å². The molecule has 4 fully saturated rings. The Morgan fingerprint density at radius 3 is 2.80 bits per heavy atom. The van der Waals surface area contributed by atoms with Crippen molar-refractivity contribution in [1.29, 1.82) is 0 Å². The van der Waals surface area contributed by atoms with Gasteiger partial charge in [0, 0.05) is 19.5 Å². The highest BCUT2D eigenvalue weighted by Gasteiger charge is 2.60. The summed E-state index contributed by atoms with van der Waals surface area (Å²) in [6.45, 7) is 9.52. The zero-order chi connectivity index (χ0) is 17.8. The first-order valence-corrected chi connectivity index (χ1v) is 10.4. The minimum atomic E-state index is 0.326. The number of piperidine rings is 1. The number of nitrogens with zero attached hydrogens (tertiary/aromatic N) is 1. The van der Waals surface area contributed by atoms with Gasteiger partial charge in [-0.15, -0.1) is 6.58 Å². The van der Waals surface area contributed by atoms with Gasteiger partial charge in [0.1, 0.15) is 0 Å². The number of hydrogen-bond donors (Lipinski definition) is 0. The van der Waals surface area contributed by atoms with Gasteiger partial charge in [-0.05, 0) is 73.5 Å². The molecular formula is C22H35NO2. The second kappa shape index (κ2) is 6.11. The van der Waals surface area contributed by atoms with Crippen molar-refractivity contribution in [2.75, 3.05) is 13.7 Å². The van der Waals surface area contributed by atoms with E-state index in [-0.39, 0.29) is 0 Å². The van der Waals surface area contributed by atoms with E-state index in [1.165, 1.54) is 38.5 Å². The van der Waals surface area contributed by atoms with Crippen molar-refractivity contribution in [3.63, 3.8) is 0 Å². The minimum absolute atomic E-state index is 0.326. The molecule has 140 valence electrons. The molecule has 0 aromatic carbocycles. The van der Waals surface area contributed by atoms with E-state index in [2.05, 4.69) is 25.3 Å². The van der Waals surface area contributed by atoms with Gasteiger partial charge in [-0.2, -0.15) is 0 Å². The van der Waals surface area contributed by atoms with Crippen molar-refractivity contribution in [1.82, 2.24) is 4.90 Å². The third-order valence-electron chi connectivity index (χ3n) is 8.74. The number of hydrogen-bond acceptors (Lipinski definition) is 2. The summed E-state index contributed by atoms with van der Waals surface area (Å²) in [5.41, 5.74) is 0.791. The lowest BCUT2D eigenvalue weighted by Crippen LogP contribution is -2.61. The molecule has 1 heterocycles. The van der Waals surface area contributed by atoms with Crippen LogP contribution in [0.3, 0.4) is 0 Å². The Labute approximate surface area is 153 Å². The fraction of sp³-hybridized carbons (Fsp3) is 0.864. The van der Waals surface area contributed by atoms with Crippen molar-refractivity contribution in [2.24, 2.45) is 28.6 Å². The van der Waals surface area contributed by atoms with Crippen LogP contribution in [0.5, 0.6) is 0 Å². The number of likely N-dealkylation sites (tertiary alicyclic amines) is 1. The normalized spacial score (nSPS) is 49.3. The van der Waals surface area contributed by atoms with Crippen LogP contribution < -0.4 is 0 Å². The zero-order valence-electron chi connectivity index (χ0n) is 16.3.